The molecule has 0 radical (unpaired) electrons. The van der Waals surface area contributed by atoms with Gasteiger partial charge in [-0.1, -0.05) is 19.9 Å². The second kappa shape index (κ2) is 7.61. The lowest BCUT2D eigenvalue weighted by atomic mass is 9.85. The van der Waals surface area contributed by atoms with Crippen molar-refractivity contribution in [2.24, 2.45) is 0 Å². The number of piperidine rings is 1. The minimum atomic E-state index is 0.258. The summed E-state index contributed by atoms with van der Waals surface area (Å²) in [5, 5.41) is 0. The Hall–Kier alpha value is -0.580. The molecule has 2 bridgehead atoms. The summed E-state index contributed by atoms with van der Waals surface area (Å²) in [6.45, 7) is 13.0. The molecule has 0 aliphatic carbocycles. The molecule has 3 heterocycles. The molecule has 3 saturated heterocycles. The second-order valence-corrected chi connectivity index (χ2v) is 6.72. The zero-order chi connectivity index (χ0) is 15.4. The van der Waals surface area contributed by atoms with Crippen LogP contribution >= 0.6 is 0 Å². The maximum Gasteiger partial charge on any atom is 0.0715 e. The molecule has 3 aliphatic rings. The fraction of sp³-hybridized carbons (Fsp3) is 0.882. The summed E-state index contributed by atoms with van der Waals surface area (Å²) in [6.07, 6.45) is 6.20. The molecule has 0 spiro atoms. The van der Waals surface area contributed by atoms with Crippen molar-refractivity contribution >= 4 is 0 Å². The predicted molar refractivity (Wildman–Crippen MR) is 88.5 cm³/mol. The number of ether oxygens (including phenoxy) is 1. The average molecular weight is 295 g/mol. The van der Waals surface area contributed by atoms with Crippen LogP contribution < -0.4 is 0 Å². The normalized spacial score (nSPS) is 28.8. The number of likely N-dealkylation sites (N-methyl/N-ethyl adjacent to an activating group) is 1. The van der Waals surface area contributed by atoms with Crippen LogP contribution in [-0.2, 0) is 4.74 Å². The highest BCUT2D eigenvalue weighted by atomic mass is 16.5. The zero-order valence-electron chi connectivity index (χ0n) is 14.3. The van der Waals surface area contributed by atoms with E-state index in [1.165, 1.54) is 38.9 Å². The third-order valence-corrected chi connectivity index (χ3v) is 5.31. The number of rotatable bonds is 9. The summed E-state index contributed by atoms with van der Waals surface area (Å²) in [6, 6.07) is 2.00. The molecule has 4 atom stereocenters. The van der Waals surface area contributed by atoms with Crippen molar-refractivity contribution in [1.82, 2.24) is 14.7 Å². The van der Waals surface area contributed by atoms with E-state index in [4.69, 9.17) is 4.74 Å². The van der Waals surface area contributed by atoms with Crippen molar-refractivity contribution in [3.05, 3.63) is 12.8 Å². The lowest BCUT2D eigenvalue weighted by Gasteiger charge is -2.58. The molecule has 0 amide bonds. The van der Waals surface area contributed by atoms with Gasteiger partial charge in [-0.2, -0.15) is 0 Å². The van der Waals surface area contributed by atoms with Crippen LogP contribution in [0.15, 0.2) is 12.8 Å². The Morgan fingerprint density at radius 2 is 2.05 bits per heavy atom. The molecule has 3 aliphatic heterocycles. The van der Waals surface area contributed by atoms with Crippen LogP contribution in [0.4, 0.5) is 0 Å². The van der Waals surface area contributed by atoms with Crippen LogP contribution in [0, 0.1) is 0 Å². The standard InChI is InChI=1S/C17H33N3O/c1-6-8-9-20-15-10-16(20)12-19(11-15)17(14(3)21-5)13-18(4)7-2/h7,14-17H,2,6,8-13H2,1,3-5H3/t14?,15?,16?,17-/m0/s1. The van der Waals surface area contributed by atoms with Crippen molar-refractivity contribution in [1.29, 1.82) is 0 Å². The van der Waals surface area contributed by atoms with Gasteiger partial charge in [-0.15, -0.1) is 0 Å². The molecule has 0 aromatic carbocycles. The number of methoxy groups -OCH3 is 1. The topological polar surface area (TPSA) is 19.0 Å². The van der Waals surface area contributed by atoms with Crippen LogP contribution in [0.1, 0.15) is 33.1 Å². The number of nitrogens with zero attached hydrogens (tertiary/aromatic N) is 3. The molecule has 3 fully saturated rings. The van der Waals surface area contributed by atoms with Crippen molar-refractivity contribution in [2.45, 2.75) is 57.3 Å². The third-order valence-electron chi connectivity index (χ3n) is 5.31. The highest BCUT2D eigenvalue weighted by Crippen LogP contribution is 2.34. The van der Waals surface area contributed by atoms with E-state index in [9.17, 15) is 0 Å². The number of piperazine rings is 1. The fourth-order valence-electron chi connectivity index (χ4n) is 3.78. The van der Waals surface area contributed by atoms with Gasteiger partial charge < -0.3 is 9.64 Å². The average Bonchev–Trinajstić information content (AvgIpc) is 2.51. The molecule has 0 N–H and O–H groups in total. The van der Waals surface area contributed by atoms with Gasteiger partial charge in [0, 0.05) is 45.9 Å². The van der Waals surface area contributed by atoms with Gasteiger partial charge >= 0.3 is 0 Å². The third kappa shape index (κ3) is 3.79. The van der Waals surface area contributed by atoms with Gasteiger partial charge in [0.25, 0.3) is 0 Å². The smallest absolute Gasteiger partial charge is 0.0715 e. The Labute approximate surface area is 130 Å². The van der Waals surface area contributed by atoms with E-state index in [-0.39, 0.29) is 6.10 Å². The molecule has 0 saturated carbocycles. The largest absolute Gasteiger partial charge is 0.380 e. The molecule has 122 valence electrons. The van der Waals surface area contributed by atoms with Crippen LogP contribution in [0.2, 0.25) is 0 Å². The molecule has 0 aromatic heterocycles. The molecule has 3 rings (SSSR count). The number of fused-ring (bicyclic) bond motifs is 2. The minimum Gasteiger partial charge on any atom is -0.380 e. The van der Waals surface area contributed by atoms with Gasteiger partial charge in [0.05, 0.1) is 12.1 Å². The first-order valence-corrected chi connectivity index (χ1v) is 8.46. The molecule has 4 heteroatoms. The fourth-order valence-corrected chi connectivity index (χ4v) is 3.78. The Bertz CT molecular complexity index is 324. The van der Waals surface area contributed by atoms with Gasteiger partial charge in [-0.25, -0.2) is 0 Å². The SMILES string of the molecule is C=CN(C)C[C@@H](C(C)OC)N1CC2CC(C1)N2CCCC. The first kappa shape index (κ1) is 16.8. The quantitative estimate of drug-likeness (QED) is 0.648. The highest BCUT2D eigenvalue weighted by molar-refractivity contribution is 5.03. The summed E-state index contributed by atoms with van der Waals surface area (Å²) in [7, 11) is 3.92. The lowest BCUT2D eigenvalue weighted by Crippen LogP contribution is -2.71. The van der Waals surface area contributed by atoms with Crippen LogP contribution in [0.5, 0.6) is 0 Å². The van der Waals surface area contributed by atoms with Gasteiger partial charge in [-0.05, 0) is 32.5 Å². The van der Waals surface area contributed by atoms with Crippen molar-refractivity contribution in [3.8, 4) is 0 Å². The first-order valence-electron chi connectivity index (χ1n) is 8.46. The van der Waals surface area contributed by atoms with Gasteiger partial charge in [0.2, 0.25) is 0 Å². The minimum absolute atomic E-state index is 0.258. The van der Waals surface area contributed by atoms with Crippen LogP contribution in [0.3, 0.4) is 0 Å². The monoisotopic (exact) mass is 295 g/mol. The van der Waals surface area contributed by atoms with Crippen LogP contribution in [0.25, 0.3) is 0 Å². The van der Waals surface area contributed by atoms with Crippen molar-refractivity contribution in [2.75, 3.05) is 40.3 Å². The molecule has 21 heavy (non-hydrogen) atoms. The Kier molecular flexibility index (Phi) is 6.08. The predicted octanol–water partition coefficient (Wildman–Crippen LogP) is 2.02. The van der Waals surface area contributed by atoms with E-state index < -0.39 is 0 Å². The number of unbranched alkanes of at least 4 members (excludes halogenated alkanes) is 1. The zero-order valence-corrected chi connectivity index (χ0v) is 14.3. The van der Waals surface area contributed by atoms with Crippen molar-refractivity contribution in [3.63, 3.8) is 0 Å². The summed E-state index contributed by atoms with van der Waals surface area (Å²) >= 11 is 0. The maximum absolute atomic E-state index is 5.64. The van der Waals surface area contributed by atoms with Crippen molar-refractivity contribution < 1.29 is 4.74 Å². The lowest BCUT2D eigenvalue weighted by molar-refractivity contribution is -0.102. The molecular weight excluding hydrogens is 262 g/mol. The Morgan fingerprint density at radius 3 is 2.57 bits per heavy atom. The van der Waals surface area contributed by atoms with E-state index >= 15 is 0 Å². The molecule has 4 nitrogen and oxygen atoms in total. The Balaban J connectivity index is 1.92. The van der Waals surface area contributed by atoms with E-state index in [2.05, 4.69) is 42.2 Å². The summed E-state index contributed by atoms with van der Waals surface area (Å²) in [4.78, 5) is 7.55. The van der Waals surface area contributed by atoms with Gasteiger partial charge in [0.15, 0.2) is 0 Å². The molecule has 3 unspecified atom stereocenters. The highest BCUT2D eigenvalue weighted by Gasteiger charge is 2.46. The first-order chi connectivity index (χ1) is 10.1. The molecule has 0 aromatic rings. The number of hydrogen-bond acceptors (Lipinski definition) is 4. The van der Waals surface area contributed by atoms with E-state index in [0.29, 0.717) is 6.04 Å². The summed E-state index contributed by atoms with van der Waals surface area (Å²) < 4.78 is 5.64. The maximum atomic E-state index is 5.64. The molecular formula is C17H33N3O. The second-order valence-electron chi connectivity index (χ2n) is 6.72. The summed E-state index contributed by atoms with van der Waals surface area (Å²) in [5.41, 5.74) is 0. The van der Waals surface area contributed by atoms with E-state index in [0.717, 1.165) is 18.6 Å². The van der Waals surface area contributed by atoms with E-state index in [1.54, 1.807) is 0 Å². The van der Waals surface area contributed by atoms with E-state index in [1.807, 2.05) is 13.3 Å². The Morgan fingerprint density at radius 1 is 1.38 bits per heavy atom. The van der Waals surface area contributed by atoms with Crippen LogP contribution in [-0.4, -0.2) is 79.3 Å². The summed E-state index contributed by atoms with van der Waals surface area (Å²) in [5.74, 6) is 0. The van der Waals surface area contributed by atoms with Gasteiger partial charge in [-0.3, -0.25) is 9.80 Å². The number of hydrogen-bond donors (Lipinski definition) is 0. The van der Waals surface area contributed by atoms with Gasteiger partial charge in [0.1, 0.15) is 0 Å².